The van der Waals surface area contributed by atoms with Crippen molar-refractivity contribution in [3.05, 3.63) is 71.2 Å². The molecule has 24 heavy (non-hydrogen) atoms. The molecule has 0 saturated carbocycles. The summed E-state index contributed by atoms with van der Waals surface area (Å²) in [6.45, 7) is 5.89. The van der Waals surface area contributed by atoms with Gasteiger partial charge in [-0.05, 0) is 38.0 Å². The molecular formula is C19H20N4O. The van der Waals surface area contributed by atoms with Gasteiger partial charge in [-0.25, -0.2) is 10.4 Å². The zero-order valence-electron chi connectivity index (χ0n) is 14.1. The molecule has 0 aliphatic carbocycles. The highest BCUT2D eigenvalue weighted by molar-refractivity contribution is 6.02. The van der Waals surface area contributed by atoms with Gasteiger partial charge in [0.15, 0.2) is 0 Å². The fraction of sp³-hybridized carbons (Fsp3) is 0.211. The summed E-state index contributed by atoms with van der Waals surface area (Å²) in [5.74, 6) is -0.260. The first kappa shape index (κ1) is 15.9. The van der Waals surface area contributed by atoms with Gasteiger partial charge in [0, 0.05) is 6.20 Å². The van der Waals surface area contributed by atoms with Crippen molar-refractivity contribution in [1.29, 1.82) is 0 Å². The maximum Gasteiger partial charge on any atom is 0.290 e. The minimum absolute atomic E-state index is 0.260. The smallest absolute Gasteiger partial charge is 0.290 e. The summed E-state index contributed by atoms with van der Waals surface area (Å²) in [6.07, 6.45) is 2.56. The summed E-state index contributed by atoms with van der Waals surface area (Å²) >= 11 is 0. The van der Waals surface area contributed by atoms with Crippen LogP contribution in [0.2, 0.25) is 0 Å². The van der Waals surface area contributed by atoms with Crippen molar-refractivity contribution in [3.8, 4) is 0 Å². The van der Waals surface area contributed by atoms with Crippen LogP contribution in [0, 0.1) is 13.8 Å². The molecule has 0 radical (unpaired) electrons. The average Bonchev–Trinajstić information content (AvgIpc) is 2.92. The van der Waals surface area contributed by atoms with Crippen molar-refractivity contribution in [2.24, 2.45) is 5.10 Å². The van der Waals surface area contributed by atoms with E-state index in [9.17, 15) is 4.79 Å². The number of pyridine rings is 1. The molecular weight excluding hydrogens is 300 g/mol. The molecule has 3 rings (SSSR count). The first-order valence-corrected chi connectivity index (χ1v) is 7.97. The quantitative estimate of drug-likeness (QED) is 0.591. The Labute approximate surface area is 141 Å². The van der Waals surface area contributed by atoms with Crippen molar-refractivity contribution in [1.82, 2.24) is 14.8 Å². The number of amides is 1. The first-order valence-electron chi connectivity index (χ1n) is 7.97. The third-order valence-electron chi connectivity index (χ3n) is 3.93. The highest BCUT2D eigenvalue weighted by Gasteiger charge is 2.16. The maximum absolute atomic E-state index is 12.6. The minimum Gasteiger partial charge on any atom is -0.295 e. The van der Waals surface area contributed by atoms with Gasteiger partial charge < -0.3 is 0 Å². The lowest BCUT2D eigenvalue weighted by Gasteiger charge is -2.06. The molecule has 0 spiro atoms. The van der Waals surface area contributed by atoms with Crippen LogP contribution >= 0.6 is 0 Å². The fourth-order valence-corrected chi connectivity index (χ4v) is 2.65. The SMILES string of the molecule is CC/C(=N/NC(=O)c1c(C)nc2ccccn12)c1ccc(C)cc1. The van der Waals surface area contributed by atoms with Crippen LogP contribution in [0.3, 0.4) is 0 Å². The van der Waals surface area contributed by atoms with Gasteiger partial charge in [-0.15, -0.1) is 0 Å². The van der Waals surface area contributed by atoms with Crippen molar-refractivity contribution >= 4 is 17.3 Å². The number of aromatic nitrogens is 2. The van der Waals surface area contributed by atoms with E-state index < -0.39 is 0 Å². The molecule has 3 aromatic rings. The van der Waals surface area contributed by atoms with Gasteiger partial charge in [0.25, 0.3) is 5.91 Å². The second kappa shape index (κ2) is 6.66. The summed E-state index contributed by atoms with van der Waals surface area (Å²) in [4.78, 5) is 17.0. The van der Waals surface area contributed by atoms with E-state index in [-0.39, 0.29) is 5.91 Å². The van der Waals surface area contributed by atoms with E-state index in [2.05, 4.69) is 15.5 Å². The van der Waals surface area contributed by atoms with E-state index in [1.54, 1.807) is 4.40 Å². The Morgan fingerprint density at radius 1 is 1.17 bits per heavy atom. The van der Waals surface area contributed by atoms with Crippen LogP contribution in [0.1, 0.15) is 40.7 Å². The monoisotopic (exact) mass is 320 g/mol. The van der Waals surface area contributed by atoms with Gasteiger partial charge in [0.1, 0.15) is 11.3 Å². The van der Waals surface area contributed by atoms with Crippen LogP contribution < -0.4 is 5.43 Å². The standard InChI is InChI=1S/C19H20N4O/c1-4-16(15-10-8-13(2)9-11-15)21-22-19(24)18-14(3)20-17-7-5-6-12-23(17)18/h5-12H,4H2,1-3H3,(H,22,24)/b21-16-. The number of fused-ring (bicyclic) bond motifs is 1. The van der Waals surface area contributed by atoms with E-state index in [0.29, 0.717) is 11.4 Å². The van der Waals surface area contributed by atoms with E-state index >= 15 is 0 Å². The number of benzene rings is 1. The van der Waals surface area contributed by atoms with Crippen molar-refractivity contribution in [3.63, 3.8) is 0 Å². The Hall–Kier alpha value is -2.95. The van der Waals surface area contributed by atoms with Crippen molar-refractivity contribution in [2.75, 3.05) is 0 Å². The fourth-order valence-electron chi connectivity index (χ4n) is 2.65. The number of carbonyl (C=O) groups excluding carboxylic acids is 1. The number of carbonyl (C=O) groups is 1. The summed E-state index contributed by atoms with van der Waals surface area (Å²) < 4.78 is 1.78. The lowest BCUT2D eigenvalue weighted by molar-refractivity contribution is 0.0948. The first-order chi connectivity index (χ1) is 11.6. The largest absolute Gasteiger partial charge is 0.295 e. The van der Waals surface area contributed by atoms with Crippen LogP contribution in [0.15, 0.2) is 53.8 Å². The zero-order valence-corrected chi connectivity index (χ0v) is 14.1. The Kier molecular flexibility index (Phi) is 4.42. The van der Waals surface area contributed by atoms with Gasteiger partial charge in [-0.1, -0.05) is 42.8 Å². The maximum atomic E-state index is 12.6. The van der Waals surface area contributed by atoms with Crippen LogP contribution in [-0.4, -0.2) is 21.0 Å². The number of hydrazone groups is 1. The summed E-state index contributed by atoms with van der Waals surface area (Å²) in [7, 11) is 0. The number of imidazole rings is 1. The number of hydrogen-bond donors (Lipinski definition) is 1. The zero-order chi connectivity index (χ0) is 17.1. The van der Waals surface area contributed by atoms with Crippen molar-refractivity contribution in [2.45, 2.75) is 27.2 Å². The predicted octanol–water partition coefficient (Wildman–Crippen LogP) is 3.50. The average molecular weight is 320 g/mol. The molecule has 1 N–H and O–H groups in total. The Morgan fingerprint density at radius 2 is 1.92 bits per heavy atom. The normalized spacial score (nSPS) is 11.7. The highest BCUT2D eigenvalue weighted by Crippen LogP contribution is 2.12. The topological polar surface area (TPSA) is 58.8 Å². The third-order valence-corrected chi connectivity index (χ3v) is 3.93. The molecule has 5 heteroatoms. The summed E-state index contributed by atoms with van der Waals surface area (Å²) in [5, 5.41) is 4.32. The van der Waals surface area contributed by atoms with Crippen LogP contribution in [0.25, 0.3) is 5.65 Å². The van der Waals surface area contributed by atoms with Crippen LogP contribution in [-0.2, 0) is 0 Å². The Morgan fingerprint density at radius 3 is 2.62 bits per heavy atom. The Balaban J connectivity index is 1.87. The molecule has 0 unspecified atom stereocenters. The molecule has 122 valence electrons. The van der Waals surface area contributed by atoms with E-state index in [0.717, 1.165) is 23.3 Å². The van der Waals surface area contributed by atoms with Gasteiger partial charge in [-0.3, -0.25) is 9.20 Å². The number of hydrogen-bond acceptors (Lipinski definition) is 3. The lowest BCUT2D eigenvalue weighted by atomic mass is 10.1. The number of nitrogens with zero attached hydrogens (tertiary/aromatic N) is 3. The van der Waals surface area contributed by atoms with Crippen molar-refractivity contribution < 1.29 is 4.79 Å². The van der Waals surface area contributed by atoms with E-state index in [1.807, 2.05) is 69.4 Å². The summed E-state index contributed by atoms with van der Waals surface area (Å²) in [5.41, 5.74) is 7.66. The van der Waals surface area contributed by atoms with E-state index in [4.69, 9.17) is 0 Å². The Bertz CT molecular complexity index is 907. The second-order valence-corrected chi connectivity index (χ2v) is 5.69. The van der Waals surface area contributed by atoms with Crippen LogP contribution in [0.4, 0.5) is 0 Å². The molecule has 0 aliphatic heterocycles. The molecule has 0 aliphatic rings. The lowest BCUT2D eigenvalue weighted by Crippen LogP contribution is -2.22. The van der Waals surface area contributed by atoms with Crippen LogP contribution in [0.5, 0.6) is 0 Å². The van der Waals surface area contributed by atoms with Gasteiger partial charge >= 0.3 is 0 Å². The van der Waals surface area contributed by atoms with Gasteiger partial charge in [0.2, 0.25) is 0 Å². The molecule has 2 aromatic heterocycles. The molecule has 1 amide bonds. The van der Waals surface area contributed by atoms with E-state index in [1.165, 1.54) is 5.56 Å². The summed E-state index contributed by atoms with van der Waals surface area (Å²) in [6, 6.07) is 13.8. The second-order valence-electron chi connectivity index (χ2n) is 5.69. The number of nitrogens with one attached hydrogen (secondary N) is 1. The van der Waals surface area contributed by atoms with Gasteiger partial charge in [-0.2, -0.15) is 5.10 Å². The molecule has 0 saturated heterocycles. The minimum atomic E-state index is -0.260. The molecule has 2 heterocycles. The molecule has 0 atom stereocenters. The number of aryl methyl sites for hydroxylation is 2. The predicted molar refractivity (Wildman–Crippen MR) is 95.4 cm³/mol. The molecule has 5 nitrogen and oxygen atoms in total. The molecule has 0 bridgehead atoms. The third kappa shape index (κ3) is 3.06. The number of rotatable bonds is 4. The van der Waals surface area contributed by atoms with Gasteiger partial charge in [0.05, 0.1) is 11.4 Å². The highest BCUT2D eigenvalue weighted by atomic mass is 16.2. The molecule has 0 fully saturated rings. The molecule has 1 aromatic carbocycles.